The summed E-state index contributed by atoms with van der Waals surface area (Å²) < 4.78 is 8.04. The van der Waals surface area contributed by atoms with Gasteiger partial charge in [0, 0.05) is 33.3 Å². The highest BCUT2D eigenvalue weighted by molar-refractivity contribution is 6.35. The SMILES string of the molecule is Clc1cccc(Cl)c1COCc1cccn2c(C3CCCCCC3)nnc12. The highest BCUT2D eigenvalue weighted by atomic mass is 35.5. The molecule has 1 aliphatic rings. The van der Waals surface area contributed by atoms with Gasteiger partial charge >= 0.3 is 0 Å². The van der Waals surface area contributed by atoms with Crippen molar-refractivity contribution in [1.29, 1.82) is 0 Å². The second kappa shape index (κ2) is 8.59. The minimum atomic E-state index is 0.364. The summed E-state index contributed by atoms with van der Waals surface area (Å²) in [4.78, 5) is 0. The van der Waals surface area contributed by atoms with Crippen molar-refractivity contribution in [2.45, 2.75) is 57.7 Å². The fraction of sp³-hybridized carbons (Fsp3) is 0.429. The summed E-state index contributed by atoms with van der Waals surface area (Å²) in [6.07, 6.45) is 9.68. The van der Waals surface area contributed by atoms with Crippen molar-refractivity contribution >= 4 is 28.8 Å². The number of aromatic nitrogens is 3. The first-order valence-electron chi connectivity index (χ1n) is 9.57. The largest absolute Gasteiger partial charge is 0.372 e. The van der Waals surface area contributed by atoms with Gasteiger partial charge in [0.1, 0.15) is 5.82 Å². The Morgan fingerprint density at radius 3 is 2.41 bits per heavy atom. The van der Waals surface area contributed by atoms with Crippen molar-refractivity contribution < 1.29 is 4.74 Å². The van der Waals surface area contributed by atoms with Crippen molar-refractivity contribution in [3.05, 3.63) is 63.5 Å². The molecule has 0 atom stereocenters. The van der Waals surface area contributed by atoms with Gasteiger partial charge in [0.25, 0.3) is 0 Å². The molecule has 1 aromatic carbocycles. The molecule has 0 saturated heterocycles. The first-order chi connectivity index (χ1) is 13.2. The van der Waals surface area contributed by atoms with E-state index >= 15 is 0 Å². The van der Waals surface area contributed by atoms with E-state index in [2.05, 4.69) is 20.8 Å². The zero-order chi connectivity index (χ0) is 18.6. The number of ether oxygens (including phenoxy) is 1. The van der Waals surface area contributed by atoms with Gasteiger partial charge in [-0.2, -0.15) is 0 Å². The molecule has 27 heavy (non-hydrogen) atoms. The third-order valence-electron chi connectivity index (χ3n) is 5.33. The first-order valence-corrected chi connectivity index (χ1v) is 10.3. The molecule has 1 saturated carbocycles. The summed E-state index contributed by atoms with van der Waals surface area (Å²) in [5, 5.41) is 10.2. The van der Waals surface area contributed by atoms with Crippen molar-refractivity contribution in [2.75, 3.05) is 0 Å². The number of benzene rings is 1. The van der Waals surface area contributed by atoms with Crippen LogP contribution in [0.4, 0.5) is 0 Å². The molecule has 6 heteroatoms. The van der Waals surface area contributed by atoms with Crippen LogP contribution in [-0.4, -0.2) is 14.6 Å². The number of pyridine rings is 1. The molecule has 1 fully saturated rings. The molecule has 2 heterocycles. The fourth-order valence-electron chi connectivity index (χ4n) is 3.85. The van der Waals surface area contributed by atoms with Crippen LogP contribution in [0.2, 0.25) is 10.0 Å². The Hall–Kier alpha value is -1.62. The zero-order valence-electron chi connectivity index (χ0n) is 15.2. The Morgan fingerprint density at radius 1 is 0.926 bits per heavy atom. The van der Waals surface area contributed by atoms with E-state index in [0.29, 0.717) is 29.2 Å². The average molecular weight is 404 g/mol. The maximum atomic E-state index is 6.22. The van der Waals surface area contributed by atoms with Crippen molar-refractivity contribution in [3.63, 3.8) is 0 Å². The Bertz CT molecular complexity index is 897. The highest BCUT2D eigenvalue weighted by Crippen LogP contribution is 2.31. The van der Waals surface area contributed by atoms with E-state index in [1.165, 1.54) is 38.5 Å². The van der Waals surface area contributed by atoms with Crippen LogP contribution in [0.15, 0.2) is 36.5 Å². The molecule has 142 valence electrons. The third-order valence-corrected chi connectivity index (χ3v) is 6.04. The molecule has 0 aliphatic heterocycles. The molecule has 2 aromatic heterocycles. The standard InChI is InChI=1S/C21H23Cl2N3O/c22-18-10-5-11-19(23)17(18)14-27-13-16-9-6-12-26-20(24-25-21(16)26)15-7-3-1-2-4-8-15/h5-6,9-12,15H,1-4,7-8,13-14H2. The second-order valence-electron chi connectivity index (χ2n) is 7.17. The van der Waals surface area contributed by atoms with Crippen LogP contribution in [0.5, 0.6) is 0 Å². The molecule has 4 nitrogen and oxygen atoms in total. The topological polar surface area (TPSA) is 39.4 Å². The summed E-state index contributed by atoms with van der Waals surface area (Å²) in [5.41, 5.74) is 2.71. The molecular formula is C21H23Cl2N3O. The number of fused-ring (bicyclic) bond motifs is 1. The Kier molecular flexibility index (Phi) is 5.96. The van der Waals surface area contributed by atoms with Gasteiger partial charge in [-0.1, -0.05) is 61.0 Å². The van der Waals surface area contributed by atoms with E-state index in [4.69, 9.17) is 27.9 Å². The van der Waals surface area contributed by atoms with E-state index in [9.17, 15) is 0 Å². The average Bonchev–Trinajstić information content (AvgIpc) is 2.92. The van der Waals surface area contributed by atoms with Crippen LogP contribution >= 0.6 is 23.2 Å². The number of halogens is 2. The van der Waals surface area contributed by atoms with Crippen LogP contribution in [0.3, 0.4) is 0 Å². The zero-order valence-corrected chi connectivity index (χ0v) is 16.7. The molecule has 0 bridgehead atoms. The van der Waals surface area contributed by atoms with Crippen molar-refractivity contribution in [3.8, 4) is 0 Å². The molecular weight excluding hydrogens is 381 g/mol. The van der Waals surface area contributed by atoms with Crippen LogP contribution in [0.25, 0.3) is 5.65 Å². The maximum absolute atomic E-state index is 6.22. The molecule has 0 spiro atoms. The van der Waals surface area contributed by atoms with Gasteiger partial charge in [-0.05, 0) is 31.0 Å². The number of hydrogen-bond donors (Lipinski definition) is 0. The van der Waals surface area contributed by atoms with Crippen LogP contribution in [-0.2, 0) is 18.0 Å². The Morgan fingerprint density at radius 2 is 1.67 bits per heavy atom. The second-order valence-corrected chi connectivity index (χ2v) is 7.98. The van der Waals surface area contributed by atoms with E-state index in [1.54, 1.807) is 0 Å². The predicted molar refractivity (Wildman–Crippen MR) is 108 cm³/mol. The van der Waals surface area contributed by atoms with Gasteiger partial charge in [-0.25, -0.2) is 0 Å². The molecule has 1 aliphatic carbocycles. The minimum absolute atomic E-state index is 0.364. The minimum Gasteiger partial charge on any atom is -0.372 e. The molecule has 0 N–H and O–H groups in total. The summed E-state index contributed by atoms with van der Waals surface area (Å²) in [7, 11) is 0. The number of nitrogens with zero attached hydrogens (tertiary/aromatic N) is 3. The van der Waals surface area contributed by atoms with Crippen molar-refractivity contribution in [2.24, 2.45) is 0 Å². The quantitative estimate of drug-likeness (QED) is 0.476. The maximum Gasteiger partial charge on any atom is 0.166 e. The van der Waals surface area contributed by atoms with Crippen LogP contribution < -0.4 is 0 Å². The lowest BCUT2D eigenvalue weighted by atomic mass is 9.99. The smallest absolute Gasteiger partial charge is 0.166 e. The molecule has 0 radical (unpaired) electrons. The lowest BCUT2D eigenvalue weighted by Crippen LogP contribution is -2.04. The van der Waals surface area contributed by atoms with Gasteiger partial charge in [0.2, 0.25) is 0 Å². The summed E-state index contributed by atoms with van der Waals surface area (Å²) >= 11 is 12.4. The van der Waals surface area contributed by atoms with Gasteiger partial charge in [0.05, 0.1) is 13.2 Å². The van der Waals surface area contributed by atoms with Crippen molar-refractivity contribution in [1.82, 2.24) is 14.6 Å². The Balaban J connectivity index is 1.51. The highest BCUT2D eigenvalue weighted by Gasteiger charge is 2.20. The molecule has 4 rings (SSSR count). The van der Waals surface area contributed by atoms with E-state index < -0.39 is 0 Å². The summed E-state index contributed by atoms with van der Waals surface area (Å²) in [5.74, 6) is 1.59. The fourth-order valence-corrected chi connectivity index (χ4v) is 4.36. The first kappa shape index (κ1) is 18.7. The normalized spacial score (nSPS) is 15.9. The Labute approximate surface area is 169 Å². The van der Waals surface area contributed by atoms with Gasteiger partial charge in [-0.15, -0.1) is 10.2 Å². The lowest BCUT2D eigenvalue weighted by molar-refractivity contribution is 0.108. The summed E-state index contributed by atoms with van der Waals surface area (Å²) in [6.45, 7) is 0.803. The predicted octanol–water partition coefficient (Wildman–Crippen LogP) is 6.19. The van der Waals surface area contributed by atoms with E-state index in [-0.39, 0.29) is 0 Å². The monoisotopic (exact) mass is 403 g/mol. The third kappa shape index (κ3) is 4.13. The molecule has 3 aromatic rings. The summed E-state index contributed by atoms with van der Waals surface area (Å²) in [6, 6.07) is 9.56. The van der Waals surface area contributed by atoms with E-state index in [0.717, 1.165) is 22.6 Å². The van der Waals surface area contributed by atoms with E-state index in [1.807, 2.05) is 30.3 Å². The molecule has 0 amide bonds. The van der Waals surface area contributed by atoms with Crippen LogP contribution in [0.1, 0.15) is 61.4 Å². The van der Waals surface area contributed by atoms with Crippen LogP contribution in [0, 0.1) is 0 Å². The lowest BCUT2D eigenvalue weighted by Gasteiger charge is -2.12. The molecule has 0 unspecified atom stereocenters. The van der Waals surface area contributed by atoms with Gasteiger partial charge in [-0.3, -0.25) is 4.40 Å². The van der Waals surface area contributed by atoms with Gasteiger partial charge in [0.15, 0.2) is 5.65 Å². The number of rotatable bonds is 5. The van der Waals surface area contributed by atoms with Gasteiger partial charge < -0.3 is 4.74 Å². The number of hydrogen-bond acceptors (Lipinski definition) is 3.